The van der Waals surface area contributed by atoms with E-state index < -0.39 is 11.8 Å². The number of carbonyl (C=O) groups is 2. The molecule has 0 atom stereocenters. The molecule has 1 fully saturated rings. The molecule has 0 saturated carbocycles. The minimum atomic E-state index is -0.567. The molecule has 1 aliphatic heterocycles. The minimum Gasteiger partial charge on any atom is -0.494 e. The molecule has 144 valence electrons. The van der Waals surface area contributed by atoms with Crippen molar-refractivity contribution in [2.45, 2.75) is 13.3 Å². The summed E-state index contributed by atoms with van der Waals surface area (Å²) in [4.78, 5) is 24.1. The standard InChI is InChI=1S/C20H16Cl2N2O3S/c1-2-27-17-9-11(7-14-18(25)23-20(28)24-19(14)26)8-16(22)13(17)10-12-5-3-4-6-15(12)21/h3-9H,2,10H2,1H3,(H2,23,24,25,26,28). The van der Waals surface area contributed by atoms with Gasteiger partial charge in [0.15, 0.2) is 5.11 Å². The number of carbonyl (C=O) groups excluding carboxylic acids is 2. The van der Waals surface area contributed by atoms with Gasteiger partial charge in [-0.2, -0.15) is 0 Å². The van der Waals surface area contributed by atoms with Crippen molar-refractivity contribution in [3.05, 3.63) is 68.7 Å². The fourth-order valence-corrected chi connectivity index (χ4v) is 3.45. The molecule has 5 nitrogen and oxygen atoms in total. The average molecular weight is 435 g/mol. The van der Waals surface area contributed by atoms with Gasteiger partial charge in [-0.3, -0.25) is 20.2 Å². The lowest BCUT2D eigenvalue weighted by Gasteiger charge is -2.17. The van der Waals surface area contributed by atoms with Crippen molar-refractivity contribution in [2.75, 3.05) is 6.61 Å². The third-order valence-electron chi connectivity index (χ3n) is 4.06. The minimum absolute atomic E-state index is 0.0183. The van der Waals surface area contributed by atoms with Crippen molar-refractivity contribution in [1.29, 1.82) is 0 Å². The van der Waals surface area contributed by atoms with E-state index in [1.54, 1.807) is 12.1 Å². The lowest BCUT2D eigenvalue weighted by Crippen LogP contribution is -2.51. The predicted molar refractivity (Wildman–Crippen MR) is 114 cm³/mol. The topological polar surface area (TPSA) is 67.4 Å². The Kier molecular flexibility index (Phi) is 6.34. The van der Waals surface area contributed by atoms with Crippen molar-refractivity contribution in [3.8, 4) is 5.75 Å². The van der Waals surface area contributed by atoms with Crippen LogP contribution in [0.1, 0.15) is 23.6 Å². The number of hydrogen-bond donors (Lipinski definition) is 2. The number of thiocarbonyl (C=S) groups is 1. The Morgan fingerprint density at radius 3 is 2.39 bits per heavy atom. The molecule has 0 spiro atoms. The predicted octanol–water partition coefficient (Wildman–Crippen LogP) is 3.90. The van der Waals surface area contributed by atoms with Crippen LogP contribution in [-0.2, 0) is 16.0 Å². The number of ether oxygens (including phenoxy) is 1. The second-order valence-corrected chi connectivity index (χ2v) is 7.20. The van der Waals surface area contributed by atoms with E-state index in [1.165, 1.54) is 6.08 Å². The molecule has 2 aromatic carbocycles. The van der Waals surface area contributed by atoms with Crippen LogP contribution in [0.2, 0.25) is 10.0 Å². The van der Waals surface area contributed by atoms with Gasteiger partial charge in [-0.1, -0.05) is 41.4 Å². The van der Waals surface area contributed by atoms with Crippen LogP contribution in [0.15, 0.2) is 42.0 Å². The maximum Gasteiger partial charge on any atom is 0.263 e. The molecule has 1 saturated heterocycles. The van der Waals surface area contributed by atoms with E-state index in [1.807, 2.05) is 31.2 Å². The van der Waals surface area contributed by atoms with E-state index in [2.05, 4.69) is 10.6 Å². The largest absolute Gasteiger partial charge is 0.494 e. The maximum atomic E-state index is 12.1. The highest BCUT2D eigenvalue weighted by atomic mass is 35.5. The molecule has 3 rings (SSSR count). The number of nitrogens with one attached hydrogen (secondary N) is 2. The summed E-state index contributed by atoms with van der Waals surface area (Å²) in [6.07, 6.45) is 1.93. The molecule has 0 radical (unpaired) electrons. The van der Waals surface area contributed by atoms with Gasteiger partial charge in [0, 0.05) is 22.0 Å². The van der Waals surface area contributed by atoms with Crippen molar-refractivity contribution in [2.24, 2.45) is 0 Å². The summed E-state index contributed by atoms with van der Waals surface area (Å²) >= 11 is 17.6. The summed E-state index contributed by atoms with van der Waals surface area (Å²) in [6, 6.07) is 10.9. The van der Waals surface area contributed by atoms with Crippen LogP contribution >= 0.6 is 35.4 Å². The normalized spacial score (nSPS) is 13.8. The average Bonchev–Trinajstić information content (AvgIpc) is 2.63. The van der Waals surface area contributed by atoms with Gasteiger partial charge in [-0.05, 0) is 54.5 Å². The van der Waals surface area contributed by atoms with E-state index >= 15 is 0 Å². The van der Waals surface area contributed by atoms with Crippen LogP contribution in [0.4, 0.5) is 0 Å². The SMILES string of the molecule is CCOc1cc(C=C2C(=O)NC(=S)NC2=O)cc(Cl)c1Cc1ccccc1Cl. The van der Waals surface area contributed by atoms with Gasteiger partial charge >= 0.3 is 0 Å². The Balaban J connectivity index is 2.00. The summed E-state index contributed by atoms with van der Waals surface area (Å²) in [6.45, 7) is 2.29. The summed E-state index contributed by atoms with van der Waals surface area (Å²) in [5.74, 6) is -0.570. The maximum absolute atomic E-state index is 12.1. The van der Waals surface area contributed by atoms with Gasteiger partial charge < -0.3 is 4.74 Å². The summed E-state index contributed by atoms with van der Waals surface area (Å²) in [7, 11) is 0. The van der Waals surface area contributed by atoms with Gasteiger partial charge in [-0.25, -0.2) is 0 Å². The van der Waals surface area contributed by atoms with Crippen molar-refractivity contribution in [3.63, 3.8) is 0 Å². The highest BCUT2D eigenvalue weighted by Crippen LogP contribution is 2.33. The Morgan fingerprint density at radius 1 is 1.07 bits per heavy atom. The third kappa shape index (κ3) is 4.52. The fraction of sp³-hybridized carbons (Fsp3) is 0.150. The molecule has 2 amide bonds. The van der Waals surface area contributed by atoms with Crippen LogP contribution in [-0.4, -0.2) is 23.5 Å². The Bertz CT molecular complexity index is 983. The molecule has 8 heteroatoms. The zero-order chi connectivity index (χ0) is 20.3. The summed E-state index contributed by atoms with van der Waals surface area (Å²) < 4.78 is 5.75. The molecule has 2 aromatic rings. The lowest BCUT2D eigenvalue weighted by molar-refractivity contribution is -0.123. The number of hydrogen-bond acceptors (Lipinski definition) is 4. The van der Waals surface area contributed by atoms with Gasteiger partial charge in [-0.15, -0.1) is 0 Å². The van der Waals surface area contributed by atoms with Gasteiger partial charge in [0.25, 0.3) is 11.8 Å². The summed E-state index contributed by atoms with van der Waals surface area (Å²) in [5, 5.41) is 5.86. The Morgan fingerprint density at radius 2 is 1.75 bits per heavy atom. The molecule has 0 aliphatic carbocycles. The molecule has 2 N–H and O–H groups in total. The van der Waals surface area contributed by atoms with Crippen molar-refractivity contribution in [1.82, 2.24) is 10.6 Å². The molecule has 1 aliphatic rings. The second kappa shape index (κ2) is 8.73. The third-order valence-corrected chi connectivity index (χ3v) is 4.97. The monoisotopic (exact) mass is 434 g/mol. The quantitative estimate of drug-likeness (QED) is 0.425. The van der Waals surface area contributed by atoms with Crippen LogP contribution < -0.4 is 15.4 Å². The van der Waals surface area contributed by atoms with Crippen molar-refractivity contribution >= 4 is 58.4 Å². The van der Waals surface area contributed by atoms with E-state index in [0.717, 1.165) is 11.1 Å². The highest BCUT2D eigenvalue weighted by molar-refractivity contribution is 7.80. The van der Waals surface area contributed by atoms with E-state index in [4.69, 9.17) is 40.2 Å². The van der Waals surface area contributed by atoms with Crippen molar-refractivity contribution < 1.29 is 14.3 Å². The molecule has 0 bridgehead atoms. The lowest BCUT2D eigenvalue weighted by atomic mass is 10.0. The first kappa shape index (κ1) is 20.3. The smallest absolute Gasteiger partial charge is 0.263 e. The molecular formula is C20H16Cl2N2O3S. The molecule has 1 heterocycles. The molecule has 28 heavy (non-hydrogen) atoms. The zero-order valence-corrected chi connectivity index (χ0v) is 17.2. The van der Waals surface area contributed by atoms with Gasteiger partial charge in [0.2, 0.25) is 0 Å². The first-order chi connectivity index (χ1) is 13.4. The van der Waals surface area contributed by atoms with Crippen LogP contribution in [0.3, 0.4) is 0 Å². The second-order valence-electron chi connectivity index (χ2n) is 5.98. The Hall–Kier alpha value is -2.41. The number of benzene rings is 2. The zero-order valence-electron chi connectivity index (χ0n) is 14.8. The Labute approximate surface area is 177 Å². The molecule has 0 unspecified atom stereocenters. The first-order valence-corrected chi connectivity index (χ1v) is 9.62. The van der Waals surface area contributed by atoms with Crippen LogP contribution in [0, 0.1) is 0 Å². The molecular weight excluding hydrogens is 419 g/mol. The summed E-state index contributed by atoms with van der Waals surface area (Å²) in [5.41, 5.74) is 2.19. The van der Waals surface area contributed by atoms with Crippen LogP contribution in [0.25, 0.3) is 6.08 Å². The number of halogens is 2. The fourth-order valence-electron chi connectivity index (χ4n) is 2.78. The van der Waals surface area contributed by atoms with E-state index in [9.17, 15) is 9.59 Å². The van der Waals surface area contributed by atoms with E-state index in [-0.39, 0.29) is 10.7 Å². The number of amides is 2. The highest BCUT2D eigenvalue weighted by Gasteiger charge is 2.26. The number of rotatable bonds is 5. The molecule has 0 aromatic heterocycles. The van der Waals surface area contributed by atoms with Crippen LogP contribution in [0.5, 0.6) is 5.75 Å². The van der Waals surface area contributed by atoms with Gasteiger partial charge in [0.1, 0.15) is 11.3 Å². The van der Waals surface area contributed by atoms with E-state index in [0.29, 0.717) is 34.4 Å². The first-order valence-electron chi connectivity index (χ1n) is 8.46. The van der Waals surface area contributed by atoms with Gasteiger partial charge in [0.05, 0.1) is 6.61 Å².